The molecule has 0 amide bonds. The van der Waals surface area contributed by atoms with E-state index >= 15 is 0 Å². The molecule has 0 aliphatic carbocycles. The van der Waals surface area contributed by atoms with Gasteiger partial charge in [-0.1, -0.05) is 92.6 Å². The standard InChI is InChI=1S/C44H36O12P2/c1-5-6-7-15-26-18-13-22-32-38(26)52-58(56-44(32)48)54-40-34(42(46)50-4)24-28-17-9-11-20-30(28)36(40)35-29-19-10-8-16-27(29)23-33(41(45)49-3)39(35)53-57-51-37-25(2)14-12-21-31(37)43(47)55-57/h8-14,16-24H,5-7,15H2,1-4H3. The van der Waals surface area contributed by atoms with Crippen molar-refractivity contribution < 1.29 is 55.8 Å². The lowest BCUT2D eigenvalue weighted by Crippen LogP contribution is -2.17. The molecule has 0 saturated heterocycles. The number of esters is 2. The molecule has 12 nitrogen and oxygen atoms in total. The number of carbonyl (C=O) groups is 4. The highest BCUT2D eigenvalue weighted by Gasteiger charge is 2.39. The number of para-hydroxylation sites is 2. The van der Waals surface area contributed by atoms with Crippen LogP contribution in [-0.4, -0.2) is 38.1 Å². The Labute approximate surface area is 335 Å². The summed E-state index contributed by atoms with van der Waals surface area (Å²) < 4.78 is 47.8. The lowest BCUT2D eigenvalue weighted by atomic mass is 9.89. The summed E-state index contributed by atoms with van der Waals surface area (Å²) in [6, 6.07) is 28.0. The van der Waals surface area contributed by atoms with Crippen molar-refractivity contribution in [2.24, 2.45) is 0 Å². The third-order valence-electron chi connectivity index (χ3n) is 9.84. The average molecular weight is 819 g/mol. The lowest BCUT2D eigenvalue weighted by molar-refractivity contribution is 0.0588. The molecule has 0 aromatic heterocycles. The highest BCUT2D eigenvalue weighted by atomic mass is 31.2. The van der Waals surface area contributed by atoms with E-state index in [-0.39, 0.29) is 50.6 Å². The van der Waals surface area contributed by atoms with Crippen molar-refractivity contribution in [3.05, 3.63) is 130 Å². The first kappa shape index (κ1) is 38.6. The van der Waals surface area contributed by atoms with Crippen LogP contribution in [0.1, 0.15) is 78.7 Å². The zero-order valence-corrected chi connectivity index (χ0v) is 33.6. The fourth-order valence-corrected chi connectivity index (χ4v) is 9.18. The number of aryl methyl sites for hydroxylation is 2. The van der Waals surface area contributed by atoms with Crippen LogP contribution in [0.2, 0.25) is 0 Å². The number of ether oxygens (including phenoxy) is 2. The van der Waals surface area contributed by atoms with E-state index in [1.807, 2.05) is 18.2 Å². The van der Waals surface area contributed by atoms with Gasteiger partial charge in [-0.05, 0) is 76.7 Å². The van der Waals surface area contributed by atoms with Crippen LogP contribution in [0, 0.1) is 6.92 Å². The molecule has 2 heterocycles. The molecular formula is C44H36O12P2. The minimum atomic E-state index is -2.53. The number of unbranched alkanes of at least 4 members (excludes halogenated alkanes) is 2. The molecule has 0 fully saturated rings. The summed E-state index contributed by atoms with van der Waals surface area (Å²) in [4.78, 5) is 54.5. The van der Waals surface area contributed by atoms with Crippen molar-refractivity contribution in [1.82, 2.24) is 0 Å². The van der Waals surface area contributed by atoms with E-state index in [4.69, 9.17) is 36.6 Å². The molecule has 6 aromatic carbocycles. The van der Waals surface area contributed by atoms with Gasteiger partial charge in [0.05, 0.1) is 14.2 Å². The van der Waals surface area contributed by atoms with Gasteiger partial charge < -0.3 is 36.6 Å². The van der Waals surface area contributed by atoms with Crippen molar-refractivity contribution in [3.8, 4) is 34.1 Å². The number of fused-ring (bicyclic) bond motifs is 4. The quantitative estimate of drug-likeness (QED) is 0.0697. The maximum absolute atomic E-state index is 13.8. The van der Waals surface area contributed by atoms with Crippen LogP contribution >= 0.6 is 17.2 Å². The van der Waals surface area contributed by atoms with Crippen molar-refractivity contribution >= 4 is 62.6 Å². The lowest BCUT2D eigenvalue weighted by Gasteiger charge is -2.28. The van der Waals surface area contributed by atoms with Crippen LogP contribution in [0.4, 0.5) is 0 Å². The molecule has 6 aromatic rings. The fourth-order valence-electron chi connectivity index (χ4n) is 7.06. The van der Waals surface area contributed by atoms with Gasteiger partial charge in [0, 0.05) is 11.1 Å². The highest BCUT2D eigenvalue weighted by Crippen LogP contribution is 2.57. The predicted octanol–water partition coefficient (Wildman–Crippen LogP) is 11.0. The molecule has 2 atom stereocenters. The zero-order valence-electron chi connectivity index (χ0n) is 31.9. The molecule has 2 aliphatic rings. The Kier molecular flexibility index (Phi) is 10.9. The van der Waals surface area contributed by atoms with Gasteiger partial charge in [-0.2, -0.15) is 0 Å². The van der Waals surface area contributed by atoms with Gasteiger partial charge in [-0.25, -0.2) is 19.2 Å². The summed E-state index contributed by atoms with van der Waals surface area (Å²) in [5.74, 6) is -2.40. The Bertz CT molecular complexity index is 2640. The minimum Gasteiger partial charge on any atom is -0.465 e. The summed E-state index contributed by atoms with van der Waals surface area (Å²) in [7, 11) is -2.57. The fraction of sp³-hybridized carbons (Fsp3) is 0.182. The Hall–Kier alpha value is -6.22. The Balaban J connectivity index is 1.37. The normalized spacial score (nSPS) is 15.6. The molecule has 0 radical (unpaired) electrons. The maximum Gasteiger partial charge on any atom is 0.532 e. The smallest absolute Gasteiger partial charge is 0.465 e. The van der Waals surface area contributed by atoms with Crippen molar-refractivity contribution in [3.63, 3.8) is 0 Å². The van der Waals surface area contributed by atoms with Crippen LogP contribution in [0.25, 0.3) is 32.7 Å². The van der Waals surface area contributed by atoms with Crippen LogP contribution in [0.5, 0.6) is 23.0 Å². The number of hydrogen-bond acceptors (Lipinski definition) is 12. The predicted molar refractivity (Wildman–Crippen MR) is 218 cm³/mol. The van der Waals surface area contributed by atoms with E-state index in [1.54, 1.807) is 85.8 Å². The number of methoxy groups -OCH3 is 2. The van der Waals surface area contributed by atoms with Gasteiger partial charge in [0.1, 0.15) is 33.8 Å². The van der Waals surface area contributed by atoms with Gasteiger partial charge in [0.15, 0.2) is 11.5 Å². The topological polar surface area (TPSA) is 142 Å². The first-order valence-electron chi connectivity index (χ1n) is 18.5. The molecule has 0 spiro atoms. The summed E-state index contributed by atoms with van der Waals surface area (Å²) in [6.45, 7) is 3.90. The van der Waals surface area contributed by atoms with Gasteiger partial charge in [-0.3, -0.25) is 0 Å². The Morgan fingerprint density at radius 3 is 1.64 bits per heavy atom. The monoisotopic (exact) mass is 818 g/mol. The largest absolute Gasteiger partial charge is 0.532 e. The third-order valence-corrected chi connectivity index (χ3v) is 11.8. The van der Waals surface area contributed by atoms with Crippen molar-refractivity contribution in [1.29, 1.82) is 0 Å². The second-order valence-corrected chi connectivity index (χ2v) is 15.4. The second kappa shape index (κ2) is 16.3. The van der Waals surface area contributed by atoms with Crippen LogP contribution < -0.4 is 18.1 Å². The Morgan fingerprint density at radius 1 is 0.603 bits per heavy atom. The molecule has 0 N–H and O–H groups in total. The summed E-state index contributed by atoms with van der Waals surface area (Å²) in [5, 5.41) is 2.29. The first-order valence-corrected chi connectivity index (χ1v) is 20.7. The number of benzene rings is 6. The molecule has 8 rings (SSSR count). The highest BCUT2D eigenvalue weighted by molar-refractivity contribution is 7.43. The van der Waals surface area contributed by atoms with E-state index in [0.717, 1.165) is 24.8 Å². The zero-order chi connectivity index (χ0) is 40.5. The van der Waals surface area contributed by atoms with E-state index in [0.29, 0.717) is 39.3 Å². The SMILES string of the molecule is CCCCCc1cccc2c1OP(Oc1c(C(=O)OC)cc3ccccc3c1-c1c(OP3OC(=O)c4cccc(C)c4O3)c(C(=O)OC)cc3ccccc13)OC2=O. The van der Waals surface area contributed by atoms with E-state index in [1.165, 1.54) is 14.2 Å². The number of hydrogen-bond donors (Lipinski definition) is 0. The molecule has 58 heavy (non-hydrogen) atoms. The van der Waals surface area contributed by atoms with Gasteiger partial charge >= 0.3 is 41.1 Å². The molecule has 14 heteroatoms. The van der Waals surface area contributed by atoms with Gasteiger partial charge in [0.25, 0.3) is 0 Å². The van der Waals surface area contributed by atoms with E-state index in [2.05, 4.69) is 6.92 Å². The summed E-state index contributed by atoms with van der Waals surface area (Å²) >= 11 is 0. The van der Waals surface area contributed by atoms with Crippen molar-refractivity contribution in [2.45, 2.75) is 39.5 Å². The maximum atomic E-state index is 13.8. The number of rotatable bonds is 11. The first-order chi connectivity index (χ1) is 28.2. The average Bonchev–Trinajstić information content (AvgIpc) is 3.23. The van der Waals surface area contributed by atoms with E-state index < -0.39 is 41.1 Å². The van der Waals surface area contributed by atoms with E-state index in [9.17, 15) is 19.2 Å². The summed E-state index contributed by atoms with van der Waals surface area (Å²) in [5.41, 5.74) is 2.42. The van der Waals surface area contributed by atoms with Crippen molar-refractivity contribution in [2.75, 3.05) is 14.2 Å². The number of carbonyl (C=O) groups excluding carboxylic acids is 4. The van der Waals surface area contributed by atoms with Crippen LogP contribution in [0.3, 0.4) is 0 Å². The van der Waals surface area contributed by atoms with Gasteiger partial charge in [-0.15, -0.1) is 0 Å². The molecule has 0 saturated carbocycles. The Morgan fingerprint density at radius 2 is 1.10 bits per heavy atom. The summed E-state index contributed by atoms with van der Waals surface area (Å²) in [6.07, 6.45) is 3.54. The van der Waals surface area contributed by atoms with Crippen LogP contribution in [0.15, 0.2) is 97.1 Å². The second-order valence-electron chi connectivity index (χ2n) is 13.5. The van der Waals surface area contributed by atoms with Gasteiger partial charge in [0.2, 0.25) is 0 Å². The molecule has 0 bridgehead atoms. The molecule has 2 aliphatic heterocycles. The minimum absolute atomic E-state index is 0.0329. The van der Waals surface area contributed by atoms with Crippen LogP contribution in [-0.2, 0) is 24.9 Å². The molecule has 294 valence electrons. The molecular weight excluding hydrogens is 782 g/mol. The molecule has 2 unspecified atom stereocenters. The third kappa shape index (κ3) is 7.14.